The smallest absolute Gasteiger partial charge is 0.410 e. The SMILES string of the molecule is CCCCCCc1ccc(C2(O)CC3CCCC(C2)N3C(=O)OC(C)(C)C)cc1. The predicted octanol–water partition coefficient (Wildman–Crippen LogP) is 5.95. The lowest BCUT2D eigenvalue weighted by atomic mass is 9.72. The van der Waals surface area contributed by atoms with Gasteiger partial charge in [0.25, 0.3) is 0 Å². The molecule has 3 rings (SSSR count). The minimum absolute atomic E-state index is 0.0519. The molecule has 0 spiro atoms. The number of amides is 1. The first-order valence-electron chi connectivity index (χ1n) is 11.5. The maximum Gasteiger partial charge on any atom is 0.410 e. The third-order valence-electron chi connectivity index (χ3n) is 6.42. The summed E-state index contributed by atoms with van der Waals surface area (Å²) in [6, 6.07) is 8.67. The van der Waals surface area contributed by atoms with Gasteiger partial charge in [-0.3, -0.25) is 0 Å². The Bertz CT molecular complexity index is 662. The molecule has 2 saturated heterocycles. The molecule has 1 aromatic rings. The first kappa shape index (κ1) is 22.1. The van der Waals surface area contributed by atoms with Gasteiger partial charge in [-0.25, -0.2) is 4.79 Å². The molecule has 2 bridgehead atoms. The van der Waals surface area contributed by atoms with Crippen LogP contribution >= 0.6 is 0 Å². The third-order valence-corrected chi connectivity index (χ3v) is 6.42. The second-order valence-electron chi connectivity index (χ2n) is 10.1. The average molecular weight is 402 g/mol. The van der Waals surface area contributed by atoms with Crippen molar-refractivity contribution in [1.29, 1.82) is 0 Å². The lowest BCUT2D eigenvalue weighted by molar-refractivity contribution is -0.0965. The van der Waals surface area contributed by atoms with Crippen LogP contribution in [0.5, 0.6) is 0 Å². The quantitative estimate of drug-likeness (QED) is 0.599. The van der Waals surface area contributed by atoms with E-state index in [9.17, 15) is 9.90 Å². The first-order chi connectivity index (χ1) is 13.7. The molecule has 0 aliphatic carbocycles. The highest BCUT2D eigenvalue weighted by Gasteiger charge is 2.49. The molecule has 0 aromatic heterocycles. The van der Waals surface area contributed by atoms with Gasteiger partial charge in [0.2, 0.25) is 0 Å². The maximum absolute atomic E-state index is 12.8. The monoisotopic (exact) mass is 401 g/mol. The Morgan fingerprint density at radius 2 is 1.72 bits per heavy atom. The molecule has 2 aliphatic rings. The van der Waals surface area contributed by atoms with Gasteiger partial charge in [-0.2, -0.15) is 0 Å². The first-order valence-corrected chi connectivity index (χ1v) is 11.5. The van der Waals surface area contributed by atoms with Crippen molar-refractivity contribution in [2.75, 3.05) is 0 Å². The minimum atomic E-state index is -0.852. The van der Waals surface area contributed by atoms with Crippen molar-refractivity contribution in [3.63, 3.8) is 0 Å². The van der Waals surface area contributed by atoms with Crippen LogP contribution in [0, 0.1) is 0 Å². The van der Waals surface area contributed by atoms with Crippen molar-refractivity contribution in [2.24, 2.45) is 0 Å². The molecule has 2 heterocycles. The van der Waals surface area contributed by atoms with Crippen molar-refractivity contribution < 1.29 is 14.6 Å². The maximum atomic E-state index is 12.8. The summed E-state index contributed by atoms with van der Waals surface area (Å²) in [6.07, 6.45) is 10.1. The van der Waals surface area contributed by atoms with Crippen LogP contribution in [0.15, 0.2) is 24.3 Å². The summed E-state index contributed by atoms with van der Waals surface area (Å²) in [5.74, 6) is 0. The summed E-state index contributed by atoms with van der Waals surface area (Å²) in [5.41, 5.74) is 0.997. The number of benzene rings is 1. The Hall–Kier alpha value is -1.55. The number of rotatable bonds is 6. The molecule has 1 N–H and O–H groups in total. The second kappa shape index (κ2) is 9.07. The number of fused-ring (bicyclic) bond motifs is 2. The fraction of sp³-hybridized carbons (Fsp3) is 0.720. The van der Waals surface area contributed by atoms with E-state index in [0.717, 1.165) is 31.2 Å². The fourth-order valence-electron chi connectivity index (χ4n) is 5.02. The topological polar surface area (TPSA) is 49.8 Å². The van der Waals surface area contributed by atoms with Gasteiger partial charge >= 0.3 is 6.09 Å². The van der Waals surface area contributed by atoms with Gasteiger partial charge in [-0.15, -0.1) is 0 Å². The van der Waals surface area contributed by atoms with Crippen molar-refractivity contribution in [1.82, 2.24) is 4.90 Å². The van der Waals surface area contributed by atoms with Crippen molar-refractivity contribution >= 4 is 6.09 Å². The minimum Gasteiger partial charge on any atom is -0.444 e. The van der Waals surface area contributed by atoms with Crippen LogP contribution in [-0.4, -0.2) is 33.8 Å². The van der Waals surface area contributed by atoms with E-state index in [1.807, 2.05) is 25.7 Å². The highest BCUT2D eigenvalue weighted by molar-refractivity contribution is 5.69. The Balaban J connectivity index is 1.68. The van der Waals surface area contributed by atoms with Crippen LogP contribution < -0.4 is 0 Å². The number of hydrogen-bond acceptors (Lipinski definition) is 3. The van der Waals surface area contributed by atoms with E-state index >= 15 is 0 Å². The number of unbranched alkanes of at least 4 members (excludes halogenated alkanes) is 3. The van der Waals surface area contributed by atoms with E-state index in [2.05, 4.69) is 31.2 Å². The van der Waals surface area contributed by atoms with E-state index in [-0.39, 0.29) is 18.2 Å². The summed E-state index contributed by atoms with van der Waals surface area (Å²) in [4.78, 5) is 14.7. The second-order valence-corrected chi connectivity index (χ2v) is 10.1. The van der Waals surface area contributed by atoms with Gasteiger partial charge in [0, 0.05) is 24.9 Å². The lowest BCUT2D eigenvalue weighted by Gasteiger charge is -2.51. The zero-order valence-corrected chi connectivity index (χ0v) is 18.7. The number of piperidine rings is 2. The van der Waals surface area contributed by atoms with E-state index in [1.54, 1.807) is 0 Å². The molecule has 4 heteroatoms. The molecule has 0 radical (unpaired) electrons. The Labute approximate surface area is 176 Å². The van der Waals surface area contributed by atoms with Crippen molar-refractivity contribution in [3.8, 4) is 0 Å². The standard InChI is InChI=1S/C25H39NO3/c1-5-6-7-8-10-19-13-15-20(16-14-19)25(28)17-21-11-9-12-22(18-25)26(21)23(27)29-24(2,3)4/h13-16,21-22,28H,5-12,17-18H2,1-4H3. The highest BCUT2D eigenvalue weighted by Crippen LogP contribution is 2.44. The van der Waals surface area contributed by atoms with E-state index in [1.165, 1.54) is 31.2 Å². The van der Waals surface area contributed by atoms with Crippen LogP contribution in [0.1, 0.15) is 96.6 Å². The number of carbonyl (C=O) groups is 1. The molecule has 0 saturated carbocycles. The van der Waals surface area contributed by atoms with Crippen LogP contribution in [0.4, 0.5) is 4.79 Å². The van der Waals surface area contributed by atoms with Crippen LogP contribution in [-0.2, 0) is 16.8 Å². The number of nitrogens with zero attached hydrogens (tertiary/aromatic N) is 1. The molecule has 162 valence electrons. The van der Waals surface area contributed by atoms with Crippen molar-refractivity contribution in [2.45, 2.75) is 115 Å². The third kappa shape index (κ3) is 5.53. The zero-order chi connectivity index (χ0) is 21.1. The summed E-state index contributed by atoms with van der Waals surface area (Å²) < 4.78 is 5.66. The van der Waals surface area contributed by atoms with Gasteiger partial charge in [0.15, 0.2) is 0 Å². The molecule has 1 amide bonds. The summed E-state index contributed by atoms with van der Waals surface area (Å²) in [6.45, 7) is 7.96. The predicted molar refractivity (Wildman–Crippen MR) is 117 cm³/mol. The van der Waals surface area contributed by atoms with Gasteiger partial charge < -0.3 is 14.7 Å². The molecule has 2 atom stereocenters. The number of aryl methyl sites for hydroxylation is 1. The number of ether oxygens (including phenoxy) is 1. The van der Waals surface area contributed by atoms with Crippen molar-refractivity contribution in [3.05, 3.63) is 35.4 Å². The number of hydrogen-bond donors (Lipinski definition) is 1. The van der Waals surface area contributed by atoms with Crippen LogP contribution in [0.2, 0.25) is 0 Å². The number of aliphatic hydroxyl groups is 1. The van der Waals surface area contributed by atoms with Gasteiger partial charge in [-0.05, 0) is 64.0 Å². The van der Waals surface area contributed by atoms with Gasteiger partial charge in [0.1, 0.15) is 5.60 Å². The van der Waals surface area contributed by atoms with E-state index < -0.39 is 11.2 Å². The Kier molecular flexibility index (Phi) is 6.93. The molecule has 2 fully saturated rings. The highest BCUT2D eigenvalue weighted by atomic mass is 16.6. The molecular formula is C25H39NO3. The molecule has 2 unspecified atom stereocenters. The average Bonchev–Trinajstić information content (AvgIpc) is 2.63. The van der Waals surface area contributed by atoms with Crippen LogP contribution in [0.25, 0.3) is 0 Å². The molecule has 2 aliphatic heterocycles. The van der Waals surface area contributed by atoms with Crippen LogP contribution in [0.3, 0.4) is 0 Å². The van der Waals surface area contributed by atoms with Gasteiger partial charge in [-0.1, -0.05) is 50.5 Å². The number of carbonyl (C=O) groups excluding carboxylic acids is 1. The fourth-order valence-corrected chi connectivity index (χ4v) is 5.02. The Morgan fingerprint density at radius 1 is 1.10 bits per heavy atom. The summed E-state index contributed by atoms with van der Waals surface area (Å²) in [7, 11) is 0. The van der Waals surface area contributed by atoms with E-state index in [0.29, 0.717) is 12.8 Å². The summed E-state index contributed by atoms with van der Waals surface area (Å²) >= 11 is 0. The Morgan fingerprint density at radius 3 is 2.28 bits per heavy atom. The molecule has 29 heavy (non-hydrogen) atoms. The zero-order valence-electron chi connectivity index (χ0n) is 18.7. The molecule has 4 nitrogen and oxygen atoms in total. The molecular weight excluding hydrogens is 362 g/mol. The summed E-state index contributed by atoms with van der Waals surface area (Å²) in [5, 5.41) is 11.5. The van der Waals surface area contributed by atoms with E-state index in [4.69, 9.17) is 4.74 Å². The van der Waals surface area contributed by atoms with Gasteiger partial charge in [0.05, 0.1) is 5.60 Å². The largest absolute Gasteiger partial charge is 0.444 e. The molecule has 1 aromatic carbocycles. The lowest BCUT2D eigenvalue weighted by Crippen LogP contribution is -2.59. The normalized spacial score (nSPS) is 27.0.